The SMILES string of the molecule is CC(C)(C)NCc1nnc(-c2cccc3ncccc23)s1. The van der Waals surface area contributed by atoms with Crippen molar-refractivity contribution in [1.82, 2.24) is 20.5 Å². The molecule has 0 saturated heterocycles. The van der Waals surface area contributed by atoms with Gasteiger partial charge in [0.05, 0.1) is 12.1 Å². The largest absolute Gasteiger partial charge is 0.306 e. The number of pyridine rings is 1. The molecule has 0 aliphatic carbocycles. The Bertz CT molecular complexity index is 753. The minimum absolute atomic E-state index is 0.0786. The molecule has 0 bridgehead atoms. The molecule has 5 heteroatoms. The second-order valence-corrected chi connectivity index (χ2v) is 7.04. The zero-order valence-corrected chi connectivity index (χ0v) is 13.2. The lowest BCUT2D eigenvalue weighted by Crippen LogP contribution is -2.35. The maximum Gasteiger partial charge on any atom is 0.148 e. The molecule has 0 atom stereocenters. The fourth-order valence-electron chi connectivity index (χ4n) is 2.06. The first-order valence-corrected chi connectivity index (χ1v) is 7.76. The van der Waals surface area contributed by atoms with E-state index < -0.39 is 0 Å². The summed E-state index contributed by atoms with van der Waals surface area (Å²) in [6, 6.07) is 10.1. The van der Waals surface area contributed by atoms with Gasteiger partial charge in [-0.25, -0.2) is 0 Å². The van der Waals surface area contributed by atoms with Gasteiger partial charge in [-0.3, -0.25) is 4.98 Å². The number of benzene rings is 1. The van der Waals surface area contributed by atoms with Crippen molar-refractivity contribution in [2.75, 3.05) is 0 Å². The Labute approximate surface area is 128 Å². The highest BCUT2D eigenvalue weighted by atomic mass is 32.1. The zero-order valence-electron chi connectivity index (χ0n) is 12.4. The third-order valence-corrected chi connectivity index (χ3v) is 4.07. The number of fused-ring (bicyclic) bond motifs is 1. The Morgan fingerprint density at radius 3 is 2.76 bits per heavy atom. The van der Waals surface area contributed by atoms with Crippen molar-refractivity contribution < 1.29 is 0 Å². The number of nitrogens with one attached hydrogen (secondary N) is 1. The molecule has 2 heterocycles. The van der Waals surface area contributed by atoms with Gasteiger partial charge in [-0.05, 0) is 32.9 Å². The van der Waals surface area contributed by atoms with Gasteiger partial charge in [0.25, 0.3) is 0 Å². The molecule has 0 radical (unpaired) electrons. The van der Waals surface area contributed by atoms with Crippen LogP contribution in [0.4, 0.5) is 0 Å². The van der Waals surface area contributed by atoms with Crippen molar-refractivity contribution >= 4 is 22.2 Å². The summed E-state index contributed by atoms with van der Waals surface area (Å²) in [4.78, 5) is 4.39. The summed E-state index contributed by atoms with van der Waals surface area (Å²) >= 11 is 1.63. The summed E-state index contributed by atoms with van der Waals surface area (Å²) in [5.74, 6) is 0. The van der Waals surface area contributed by atoms with E-state index in [-0.39, 0.29) is 5.54 Å². The van der Waals surface area contributed by atoms with Crippen LogP contribution in [-0.4, -0.2) is 20.7 Å². The molecular formula is C16H18N4S. The van der Waals surface area contributed by atoms with E-state index in [2.05, 4.69) is 53.4 Å². The van der Waals surface area contributed by atoms with Gasteiger partial charge in [0.1, 0.15) is 10.0 Å². The van der Waals surface area contributed by atoms with Gasteiger partial charge >= 0.3 is 0 Å². The van der Waals surface area contributed by atoms with Crippen LogP contribution in [0, 0.1) is 0 Å². The molecule has 4 nitrogen and oxygen atoms in total. The lowest BCUT2D eigenvalue weighted by Gasteiger charge is -2.19. The molecule has 108 valence electrons. The van der Waals surface area contributed by atoms with E-state index in [0.29, 0.717) is 0 Å². The van der Waals surface area contributed by atoms with Crippen LogP contribution in [0.15, 0.2) is 36.5 Å². The third-order valence-electron chi connectivity index (χ3n) is 3.11. The second kappa shape index (κ2) is 5.50. The van der Waals surface area contributed by atoms with Gasteiger partial charge in [0.15, 0.2) is 0 Å². The van der Waals surface area contributed by atoms with Crippen LogP contribution in [0.25, 0.3) is 21.5 Å². The van der Waals surface area contributed by atoms with Gasteiger partial charge in [0.2, 0.25) is 0 Å². The Hall–Kier alpha value is -1.85. The molecule has 0 amide bonds. The quantitative estimate of drug-likeness (QED) is 0.802. The van der Waals surface area contributed by atoms with Gasteiger partial charge in [-0.15, -0.1) is 10.2 Å². The maximum atomic E-state index is 4.39. The number of rotatable bonds is 3. The predicted octanol–water partition coefficient (Wildman–Crippen LogP) is 3.64. The summed E-state index contributed by atoms with van der Waals surface area (Å²) in [6.07, 6.45) is 1.81. The van der Waals surface area contributed by atoms with Crippen LogP contribution < -0.4 is 5.32 Å². The van der Waals surface area contributed by atoms with Gasteiger partial charge in [0, 0.05) is 22.7 Å². The van der Waals surface area contributed by atoms with E-state index >= 15 is 0 Å². The number of nitrogens with zero attached hydrogens (tertiary/aromatic N) is 3. The molecule has 1 N–H and O–H groups in total. The summed E-state index contributed by atoms with van der Waals surface area (Å²) in [5, 5.41) is 15.1. The Kier molecular flexibility index (Phi) is 3.69. The van der Waals surface area contributed by atoms with E-state index in [9.17, 15) is 0 Å². The van der Waals surface area contributed by atoms with E-state index in [1.807, 2.05) is 24.4 Å². The molecule has 0 aliphatic rings. The fraction of sp³-hybridized carbons (Fsp3) is 0.312. The monoisotopic (exact) mass is 298 g/mol. The van der Waals surface area contributed by atoms with Crippen molar-refractivity contribution in [1.29, 1.82) is 0 Å². The lowest BCUT2D eigenvalue weighted by atomic mass is 10.1. The van der Waals surface area contributed by atoms with Crippen LogP contribution in [0.1, 0.15) is 25.8 Å². The van der Waals surface area contributed by atoms with Crippen LogP contribution >= 0.6 is 11.3 Å². The summed E-state index contributed by atoms with van der Waals surface area (Å²) < 4.78 is 0. The smallest absolute Gasteiger partial charge is 0.148 e. The molecule has 0 unspecified atom stereocenters. The molecule has 0 spiro atoms. The first-order chi connectivity index (χ1) is 10.0. The van der Waals surface area contributed by atoms with Crippen LogP contribution in [0.5, 0.6) is 0 Å². The standard InChI is InChI=1S/C16H18N4S/c1-16(2,3)18-10-14-19-20-15(21-14)12-6-4-8-13-11(12)7-5-9-17-13/h4-9,18H,10H2,1-3H3. The predicted molar refractivity (Wildman–Crippen MR) is 87.2 cm³/mol. The molecule has 2 aromatic heterocycles. The molecule has 21 heavy (non-hydrogen) atoms. The minimum atomic E-state index is 0.0786. The van der Waals surface area contributed by atoms with Crippen LogP contribution in [-0.2, 0) is 6.54 Å². The first-order valence-electron chi connectivity index (χ1n) is 6.94. The first kappa shape index (κ1) is 14.1. The number of hydrogen-bond acceptors (Lipinski definition) is 5. The van der Waals surface area contributed by atoms with Crippen molar-refractivity contribution in [3.05, 3.63) is 41.5 Å². The number of hydrogen-bond donors (Lipinski definition) is 1. The van der Waals surface area contributed by atoms with Crippen LogP contribution in [0.3, 0.4) is 0 Å². The molecule has 0 aliphatic heterocycles. The summed E-state index contributed by atoms with van der Waals surface area (Å²) in [6.45, 7) is 7.17. The summed E-state index contributed by atoms with van der Waals surface area (Å²) in [7, 11) is 0. The van der Waals surface area contributed by atoms with Crippen molar-refractivity contribution in [2.24, 2.45) is 0 Å². The van der Waals surface area contributed by atoms with Crippen molar-refractivity contribution in [3.8, 4) is 10.6 Å². The molecule has 0 saturated carbocycles. The van der Waals surface area contributed by atoms with Gasteiger partial charge in [-0.2, -0.15) is 0 Å². The average Bonchev–Trinajstić information content (AvgIpc) is 2.92. The highest BCUT2D eigenvalue weighted by Gasteiger charge is 2.13. The highest BCUT2D eigenvalue weighted by molar-refractivity contribution is 7.14. The third kappa shape index (κ3) is 3.25. The lowest BCUT2D eigenvalue weighted by molar-refractivity contribution is 0.423. The second-order valence-electron chi connectivity index (χ2n) is 5.98. The average molecular weight is 298 g/mol. The van der Waals surface area contributed by atoms with E-state index in [1.165, 1.54) is 0 Å². The molecule has 3 rings (SSSR count). The normalized spacial score (nSPS) is 12.0. The minimum Gasteiger partial charge on any atom is -0.306 e. The van der Waals surface area contributed by atoms with Crippen LogP contribution in [0.2, 0.25) is 0 Å². The molecular weight excluding hydrogens is 280 g/mol. The number of aromatic nitrogens is 3. The summed E-state index contributed by atoms with van der Waals surface area (Å²) in [5.41, 5.74) is 2.16. The van der Waals surface area contributed by atoms with E-state index in [0.717, 1.165) is 33.0 Å². The Morgan fingerprint density at radius 2 is 1.95 bits per heavy atom. The highest BCUT2D eigenvalue weighted by Crippen LogP contribution is 2.29. The molecule has 0 fully saturated rings. The Morgan fingerprint density at radius 1 is 1.10 bits per heavy atom. The van der Waals surface area contributed by atoms with Gasteiger partial charge in [-0.1, -0.05) is 29.5 Å². The topological polar surface area (TPSA) is 50.7 Å². The van der Waals surface area contributed by atoms with Crippen molar-refractivity contribution in [2.45, 2.75) is 32.9 Å². The maximum absolute atomic E-state index is 4.39. The van der Waals surface area contributed by atoms with Gasteiger partial charge < -0.3 is 5.32 Å². The van der Waals surface area contributed by atoms with E-state index in [1.54, 1.807) is 11.3 Å². The molecule has 3 aromatic rings. The Balaban J connectivity index is 1.92. The molecule has 1 aromatic carbocycles. The van der Waals surface area contributed by atoms with E-state index in [4.69, 9.17) is 0 Å². The zero-order chi connectivity index (χ0) is 14.9. The fourth-order valence-corrected chi connectivity index (χ4v) is 2.88. The van der Waals surface area contributed by atoms with Crippen molar-refractivity contribution in [3.63, 3.8) is 0 Å².